The summed E-state index contributed by atoms with van der Waals surface area (Å²) in [4.78, 5) is 29.0. The predicted molar refractivity (Wildman–Crippen MR) is 96.5 cm³/mol. The molecule has 0 radical (unpaired) electrons. The molecule has 0 unspecified atom stereocenters. The van der Waals surface area contributed by atoms with Crippen LogP contribution in [0.4, 0.5) is 0 Å². The van der Waals surface area contributed by atoms with Gasteiger partial charge >= 0.3 is 5.97 Å². The third-order valence-electron chi connectivity index (χ3n) is 6.39. The molecule has 3 aliphatic heterocycles. The number of ether oxygens (including phenoxy) is 1. The SMILES string of the molecule is CN1CCC[C@]2(C(=O)O)CCN(C(=O)c3ccc4c(c3)CCCO4)C[C@@H]12. The topological polar surface area (TPSA) is 70.1 Å². The first-order chi connectivity index (χ1) is 12.5. The molecule has 0 aromatic heterocycles. The van der Waals surface area contributed by atoms with Gasteiger partial charge in [-0.1, -0.05) is 0 Å². The van der Waals surface area contributed by atoms with E-state index in [1.165, 1.54) is 0 Å². The minimum Gasteiger partial charge on any atom is -0.493 e. The summed E-state index contributed by atoms with van der Waals surface area (Å²) in [6.45, 7) is 2.61. The number of likely N-dealkylation sites (tertiary alicyclic amines) is 2. The molecule has 0 bridgehead atoms. The summed E-state index contributed by atoms with van der Waals surface area (Å²) in [5, 5.41) is 9.87. The lowest BCUT2D eigenvalue weighted by Crippen LogP contribution is -2.63. The summed E-state index contributed by atoms with van der Waals surface area (Å²) in [6, 6.07) is 5.55. The van der Waals surface area contributed by atoms with Crippen molar-refractivity contribution in [3.63, 3.8) is 0 Å². The minimum absolute atomic E-state index is 0.00339. The number of carbonyl (C=O) groups is 2. The molecule has 1 aromatic rings. The van der Waals surface area contributed by atoms with Crippen molar-refractivity contribution in [3.8, 4) is 5.75 Å². The third-order valence-corrected chi connectivity index (χ3v) is 6.39. The molecule has 2 atom stereocenters. The molecule has 0 aliphatic carbocycles. The van der Waals surface area contributed by atoms with Gasteiger partial charge in [-0.15, -0.1) is 0 Å². The van der Waals surface area contributed by atoms with Gasteiger partial charge in [0, 0.05) is 24.7 Å². The lowest BCUT2D eigenvalue weighted by Gasteiger charge is -2.51. The van der Waals surface area contributed by atoms with Crippen LogP contribution >= 0.6 is 0 Å². The van der Waals surface area contributed by atoms with Gasteiger partial charge in [-0.3, -0.25) is 9.59 Å². The van der Waals surface area contributed by atoms with Crippen LogP contribution in [-0.4, -0.2) is 66.1 Å². The van der Waals surface area contributed by atoms with E-state index in [4.69, 9.17) is 4.74 Å². The smallest absolute Gasteiger partial charge is 0.311 e. The summed E-state index contributed by atoms with van der Waals surface area (Å²) in [5.41, 5.74) is 1.05. The first kappa shape index (κ1) is 17.3. The van der Waals surface area contributed by atoms with Crippen LogP contribution in [-0.2, 0) is 11.2 Å². The van der Waals surface area contributed by atoms with Crippen molar-refractivity contribution in [2.45, 2.75) is 38.1 Å². The zero-order valence-electron chi connectivity index (χ0n) is 15.2. The Hall–Kier alpha value is -2.08. The van der Waals surface area contributed by atoms with Crippen LogP contribution in [0, 0.1) is 5.41 Å². The molecule has 3 heterocycles. The number of amides is 1. The predicted octanol–water partition coefficient (Wildman–Crippen LogP) is 2.02. The molecule has 26 heavy (non-hydrogen) atoms. The highest BCUT2D eigenvalue weighted by Gasteiger charge is 2.52. The molecule has 2 saturated heterocycles. The number of piperidine rings is 2. The van der Waals surface area contributed by atoms with Gasteiger partial charge in [-0.25, -0.2) is 0 Å². The molecule has 6 nitrogen and oxygen atoms in total. The number of likely N-dealkylation sites (N-methyl/N-ethyl adjacent to an activating group) is 1. The monoisotopic (exact) mass is 358 g/mol. The van der Waals surface area contributed by atoms with E-state index >= 15 is 0 Å². The van der Waals surface area contributed by atoms with Crippen molar-refractivity contribution < 1.29 is 19.4 Å². The average molecular weight is 358 g/mol. The zero-order valence-corrected chi connectivity index (χ0v) is 15.2. The second kappa shape index (κ2) is 6.58. The molecule has 2 fully saturated rings. The zero-order chi connectivity index (χ0) is 18.3. The number of benzene rings is 1. The van der Waals surface area contributed by atoms with Crippen LogP contribution in [0.3, 0.4) is 0 Å². The van der Waals surface area contributed by atoms with Gasteiger partial charge in [0.2, 0.25) is 0 Å². The fourth-order valence-electron chi connectivity index (χ4n) is 4.85. The molecule has 0 spiro atoms. The minimum atomic E-state index is -0.716. The lowest BCUT2D eigenvalue weighted by atomic mass is 9.68. The van der Waals surface area contributed by atoms with Crippen molar-refractivity contribution in [1.82, 2.24) is 9.80 Å². The molecule has 140 valence electrons. The third kappa shape index (κ3) is 2.76. The number of nitrogens with zero attached hydrogens (tertiary/aromatic N) is 2. The second-order valence-corrected chi connectivity index (χ2v) is 7.84. The summed E-state index contributed by atoms with van der Waals surface area (Å²) >= 11 is 0. The van der Waals surface area contributed by atoms with E-state index in [1.807, 2.05) is 30.1 Å². The Balaban J connectivity index is 1.56. The van der Waals surface area contributed by atoms with E-state index in [2.05, 4.69) is 4.90 Å². The van der Waals surface area contributed by atoms with Crippen molar-refractivity contribution in [2.75, 3.05) is 33.3 Å². The van der Waals surface area contributed by atoms with E-state index in [1.54, 1.807) is 0 Å². The van der Waals surface area contributed by atoms with Crippen molar-refractivity contribution >= 4 is 11.9 Å². The van der Waals surface area contributed by atoms with Crippen LogP contribution in [0.15, 0.2) is 18.2 Å². The van der Waals surface area contributed by atoms with Gasteiger partial charge in [0.15, 0.2) is 0 Å². The van der Waals surface area contributed by atoms with Crippen LogP contribution < -0.4 is 4.74 Å². The molecule has 4 rings (SSSR count). The van der Waals surface area contributed by atoms with Gasteiger partial charge in [0.05, 0.1) is 12.0 Å². The highest BCUT2D eigenvalue weighted by atomic mass is 16.5. The maximum atomic E-state index is 13.1. The molecular weight excluding hydrogens is 332 g/mol. The highest BCUT2D eigenvalue weighted by molar-refractivity contribution is 5.95. The number of fused-ring (bicyclic) bond motifs is 2. The number of carbonyl (C=O) groups excluding carboxylic acids is 1. The number of aliphatic carboxylic acids is 1. The lowest BCUT2D eigenvalue weighted by molar-refractivity contribution is -0.161. The molecule has 1 N–H and O–H groups in total. The largest absolute Gasteiger partial charge is 0.493 e. The Bertz CT molecular complexity index is 735. The van der Waals surface area contributed by atoms with Crippen molar-refractivity contribution in [2.24, 2.45) is 5.41 Å². The number of aryl methyl sites for hydroxylation is 1. The fourth-order valence-corrected chi connectivity index (χ4v) is 4.85. The van der Waals surface area contributed by atoms with Gasteiger partial charge in [0.25, 0.3) is 5.91 Å². The van der Waals surface area contributed by atoms with Gasteiger partial charge in [0.1, 0.15) is 5.75 Å². The Morgan fingerprint density at radius 1 is 1.23 bits per heavy atom. The number of carboxylic acids is 1. The van der Waals surface area contributed by atoms with Crippen LogP contribution in [0.2, 0.25) is 0 Å². The maximum absolute atomic E-state index is 13.1. The summed E-state index contributed by atoms with van der Waals surface area (Å²) in [5.74, 6) is 0.159. The first-order valence-corrected chi connectivity index (χ1v) is 9.50. The molecule has 3 aliphatic rings. The average Bonchev–Trinajstić information content (AvgIpc) is 2.67. The van der Waals surface area contributed by atoms with Crippen LogP contribution in [0.5, 0.6) is 5.75 Å². The normalized spacial score (nSPS) is 28.7. The van der Waals surface area contributed by atoms with E-state index in [-0.39, 0.29) is 11.9 Å². The Morgan fingerprint density at radius 2 is 2.08 bits per heavy atom. The van der Waals surface area contributed by atoms with E-state index in [9.17, 15) is 14.7 Å². The number of rotatable bonds is 2. The summed E-state index contributed by atoms with van der Waals surface area (Å²) < 4.78 is 5.63. The van der Waals surface area contributed by atoms with Crippen LogP contribution in [0.25, 0.3) is 0 Å². The van der Waals surface area contributed by atoms with Crippen LogP contribution in [0.1, 0.15) is 41.6 Å². The number of carboxylic acid groups (broad SMARTS) is 1. The van der Waals surface area contributed by atoms with Gasteiger partial charge < -0.3 is 19.6 Å². The Kier molecular flexibility index (Phi) is 4.39. The van der Waals surface area contributed by atoms with Gasteiger partial charge in [-0.2, -0.15) is 0 Å². The van der Waals surface area contributed by atoms with E-state index in [0.29, 0.717) is 31.5 Å². The number of hydrogen-bond acceptors (Lipinski definition) is 4. The quantitative estimate of drug-likeness (QED) is 0.876. The highest BCUT2D eigenvalue weighted by Crippen LogP contribution is 2.42. The molecule has 0 saturated carbocycles. The molecule has 6 heteroatoms. The standard InChI is InChI=1S/C20H26N2O4/c1-21-9-3-7-20(19(24)25)8-10-22(13-17(20)21)18(23)15-5-6-16-14(12-15)4-2-11-26-16/h5-6,12,17H,2-4,7-11,13H2,1H3,(H,24,25)/t17-,20+/m1/s1. The summed E-state index contributed by atoms with van der Waals surface area (Å²) in [7, 11) is 1.98. The molecule has 1 aromatic carbocycles. The maximum Gasteiger partial charge on any atom is 0.311 e. The van der Waals surface area contributed by atoms with E-state index < -0.39 is 11.4 Å². The first-order valence-electron chi connectivity index (χ1n) is 9.50. The van der Waals surface area contributed by atoms with Gasteiger partial charge in [-0.05, 0) is 69.5 Å². The number of hydrogen-bond donors (Lipinski definition) is 1. The molecular formula is C20H26N2O4. The second-order valence-electron chi connectivity index (χ2n) is 7.84. The van der Waals surface area contributed by atoms with Crippen molar-refractivity contribution in [1.29, 1.82) is 0 Å². The fraction of sp³-hybridized carbons (Fsp3) is 0.600. The van der Waals surface area contributed by atoms with Crippen molar-refractivity contribution in [3.05, 3.63) is 29.3 Å². The Labute approximate surface area is 153 Å². The molecule has 1 amide bonds. The summed E-state index contributed by atoms with van der Waals surface area (Å²) in [6.07, 6.45) is 4.04. The Morgan fingerprint density at radius 3 is 2.88 bits per heavy atom. The van der Waals surface area contributed by atoms with E-state index in [0.717, 1.165) is 43.7 Å².